The monoisotopic (exact) mass is 256 g/mol. The van der Waals surface area contributed by atoms with Crippen molar-refractivity contribution in [3.63, 3.8) is 0 Å². The van der Waals surface area contributed by atoms with Gasteiger partial charge in [0.25, 0.3) is 0 Å². The van der Waals surface area contributed by atoms with E-state index in [2.05, 4.69) is 38.2 Å². The highest BCUT2D eigenvalue weighted by atomic mass is 32.1. The van der Waals surface area contributed by atoms with E-state index in [0.717, 1.165) is 18.0 Å². The van der Waals surface area contributed by atoms with E-state index < -0.39 is 5.97 Å². The van der Waals surface area contributed by atoms with Gasteiger partial charge in [0.05, 0.1) is 5.56 Å². The van der Waals surface area contributed by atoms with Crippen molar-refractivity contribution in [2.24, 2.45) is 0 Å². The average molecular weight is 256 g/mol. The van der Waals surface area contributed by atoms with E-state index in [1.54, 1.807) is 11.4 Å². The summed E-state index contributed by atoms with van der Waals surface area (Å²) in [6.07, 6.45) is 0. The molecule has 0 saturated carbocycles. The molecule has 0 bridgehead atoms. The highest BCUT2D eigenvalue weighted by Crippen LogP contribution is 2.15. The summed E-state index contributed by atoms with van der Waals surface area (Å²) in [6.45, 7) is 5.91. The minimum Gasteiger partial charge on any atom is -0.478 e. The number of nitrogens with zero attached hydrogens (tertiary/aromatic N) is 1. The summed E-state index contributed by atoms with van der Waals surface area (Å²) in [5.41, 5.74) is 0.464. The fourth-order valence-corrected chi connectivity index (χ4v) is 2.06. The highest BCUT2D eigenvalue weighted by molar-refractivity contribution is 7.10. The van der Waals surface area contributed by atoms with E-state index in [4.69, 9.17) is 5.11 Å². The lowest BCUT2D eigenvalue weighted by Crippen LogP contribution is -2.46. The smallest absolute Gasteiger partial charge is 0.336 e. The number of carbonyl (C=O) groups is 1. The summed E-state index contributed by atoms with van der Waals surface area (Å²) < 4.78 is 0. The topological polar surface area (TPSA) is 52.6 Å². The number of thiophene rings is 1. The van der Waals surface area contributed by atoms with Crippen molar-refractivity contribution < 1.29 is 9.90 Å². The lowest BCUT2D eigenvalue weighted by molar-refractivity contribution is 0.0697. The van der Waals surface area contributed by atoms with Gasteiger partial charge in [0, 0.05) is 28.9 Å². The summed E-state index contributed by atoms with van der Waals surface area (Å²) in [5.74, 6) is -0.860. The second-order valence-corrected chi connectivity index (χ2v) is 5.91. The van der Waals surface area contributed by atoms with Gasteiger partial charge in [-0.1, -0.05) is 0 Å². The molecule has 0 aliphatic heterocycles. The molecule has 0 unspecified atom stereocenters. The van der Waals surface area contributed by atoms with Crippen LogP contribution in [0.1, 0.15) is 29.1 Å². The van der Waals surface area contributed by atoms with E-state index in [-0.39, 0.29) is 5.54 Å². The first kappa shape index (κ1) is 14.2. The van der Waals surface area contributed by atoms with Gasteiger partial charge in [0.2, 0.25) is 0 Å². The molecular formula is C12H20N2O2S. The Bertz CT molecular complexity index is 386. The number of carboxylic acid groups (broad SMARTS) is 1. The molecule has 96 valence electrons. The molecule has 0 saturated heterocycles. The predicted octanol–water partition coefficient (Wildman–Crippen LogP) is 1.88. The molecule has 0 amide bonds. The molecule has 17 heavy (non-hydrogen) atoms. The molecule has 1 rings (SSSR count). The summed E-state index contributed by atoms with van der Waals surface area (Å²) in [4.78, 5) is 13.9. The van der Waals surface area contributed by atoms with E-state index in [1.165, 1.54) is 11.3 Å². The largest absolute Gasteiger partial charge is 0.478 e. The third-order valence-corrected chi connectivity index (χ3v) is 3.90. The van der Waals surface area contributed by atoms with Gasteiger partial charge in [-0.25, -0.2) is 4.79 Å². The number of aromatic carboxylic acids is 1. The van der Waals surface area contributed by atoms with Crippen LogP contribution in [0.5, 0.6) is 0 Å². The molecule has 5 heteroatoms. The molecular weight excluding hydrogens is 236 g/mol. The summed E-state index contributed by atoms with van der Waals surface area (Å²) in [5, 5.41) is 13.8. The van der Waals surface area contributed by atoms with Crippen LogP contribution in [0, 0.1) is 0 Å². The Kier molecular flexibility index (Phi) is 4.68. The Morgan fingerprint density at radius 3 is 2.65 bits per heavy atom. The second kappa shape index (κ2) is 5.62. The van der Waals surface area contributed by atoms with Gasteiger partial charge in [-0.2, -0.15) is 0 Å². The van der Waals surface area contributed by atoms with Crippen molar-refractivity contribution in [1.29, 1.82) is 0 Å². The molecule has 1 heterocycles. The lowest BCUT2D eigenvalue weighted by atomic mass is 10.0. The average Bonchev–Trinajstić information content (AvgIpc) is 2.66. The zero-order valence-electron chi connectivity index (χ0n) is 10.8. The number of hydrogen-bond donors (Lipinski definition) is 2. The summed E-state index contributed by atoms with van der Waals surface area (Å²) in [6, 6.07) is 1.72. The van der Waals surface area contributed by atoms with Crippen LogP contribution in [0.3, 0.4) is 0 Å². The first-order chi connectivity index (χ1) is 7.83. The van der Waals surface area contributed by atoms with Crippen LogP contribution in [0.2, 0.25) is 0 Å². The van der Waals surface area contributed by atoms with Crippen LogP contribution < -0.4 is 5.32 Å². The third-order valence-electron chi connectivity index (χ3n) is 2.97. The predicted molar refractivity (Wildman–Crippen MR) is 70.8 cm³/mol. The number of hydrogen-bond acceptors (Lipinski definition) is 4. The third kappa shape index (κ3) is 4.11. The summed E-state index contributed by atoms with van der Waals surface area (Å²) in [7, 11) is 4.10. The van der Waals surface area contributed by atoms with Gasteiger partial charge >= 0.3 is 5.97 Å². The van der Waals surface area contributed by atoms with Crippen LogP contribution in [-0.4, -0.2) is 42.2 Å². The highest BCUT2D eigenvalue weighted by Gasteiger charge is 2.19. The van der Waals surface area contributed by atoms with Crippen molar-refractivity contribution in [3.8, 4) is 0 Å². The van der Waals surface area contributed by atoms with E-state index in [9.17, 15) is 4.79 Å². The molecule has 0 radical (unpaired) electrons. The van der Waals surface area contributed by atoms with Crippen LogP contribution in [0.4, 0.5) is 0 Å². The van der Waals surface area contributed by atoms with Crippen LogP contribution in [-0.2, 0) is 6.54 Å². The minimum absolute atomic E-state index is 0.0902. The zero-order chi connectivity index (χ0) is 13.1. The van der Waals surface area contributed by atoms with Gasteiger partial charge in [-0.3, -0.25) is 0 Å². The lowest BCUT2D eigenvalue weighted by Gasteiger charge is -2.32. The second-order valence-electron chi connectivity index (χ2n) is 4.92. The molecule has 1 aromatic heterocycles. The Hall–Kier alpha value is -0.910. The standard InChI is InChI=1S/C12H20N2O2S/c1-12(2,14(3)4)8-13-6-10-5-9(7-17-10)11(15)16/h5,7,13H,6,8H2,1-4H3,(H,15,16). The van der Waals surface area contributed by atoms with E-state index >= 15 is 0 Å². The van der Waals surface area contributed by atoms with Crippen LogP contribution >= 0.6 is 11.3 Å². The number of carboxylic acids is 1. The maximum atomic E-state index is 10.7. The quantitative estimate of drug-likeness (QED) is 0.816. The molecule has 0 fully saturated rings. The molecule has 0 aliphatic carbocycles. The maximum Gasteiger partial charge on any atom is 0.336 e. The van der Waals surface area contributed by atoms with Crippen LogP contribution in [0.25, 0.3) is 0 Å². The van der Waals surface area contributed by atoms with Gasteiger partial charge in [-0.15, -0.1) is 11.3 Å². The zero-order valence-corrected chi connectivity index (χ0v) is 11.6. The summed E-state index contributed by atoms with van der Waals surface area (Å²) >= 11 is 1.48. The molecule has 0 aliphatic rings. The first-order valence-electron chi connectivity index (χ1n) is 5.52. The molecule has 4 nitrogen and oxygen atoms in total. The maximum absolute atomic E-state index is 10.7. The van der Waals surface area contributed by atoms with Gasteiger partial charge in [0.1, 0.15) is 0 Å². The van der Waals surface area contributed by atoms with Crippen molar-refractivity contribution in [2.75, 3.05) is 20.6 Å². The molecule has 0 aromatic carbocycles. The number of rotatable bonds is 6. The minimum atomic E-state index is -0.860. The fraction of sp³-hybridized carbons (Fsp3) is 0.583. The molecule has 1 aromatic rings. The van der Waals surface area contributed by atoms with Gasteiger partial charge in [0.15, 0.2) is 0 Å². The van der Waals surface area contributed by atoms with Crippen molar-refractivity contribution >= 4 is 17.3 Å². The Morgan fingerprint density at radius 1 is 1.53 bits per heavy atom. The SMILES string of the molecule is CN(C)C(C)(C)CNCc1cc(C(=O)O)cs1. The Morgan fingerprint density at radius 2 is 2.18 bits per heavy atom. The number of nitrogens with one attached hydrogen (secondary N) is 1. The normalized spacial score (nSPS) is 12.1. The van der Waals surface area contributed by atoms with Crippen LogP contribution in [0.15, 0.2) is 11.4 Å². The Labute approximate surface area is 106 Å². The molecule has 0 spiro atoms. The number of likely N-dealkylation sites (N-methyl/N-ethyl adjacent to an activating group) is 1. The molecule has 2 N–H and O–H groups in total. The van der Waals surface area contributed by atoms with Crippen molar-refractivity contribution in [1.82, 2.24) is 10.2 Å². The first-order valence-corrected chi connectivity index (χ1v) is 6.40. The van der Waals surface area contributed by atoms with Crippen molar-refractivity contribution in [2.45, 2.75) is 25.9 Å². The van der Waals surface area contributed by atoms with E-state index in [0.29, 0.717) is 5.56 Å². The van der Waals surface area contributed by atoms with E-state index in [1.807, 2.05) is 0 Å². The molecule has 0 atom stereocenters. The Balaban J connectivity index is 2.43. The van der Waals surface area contributed by atoms with Crippen molar-refractivity contribution in [3.05, 3.63) is 21.9 Å². The fourth-order valence-electron chi connectivity index (χ4n) is 1.24. The van der Waals surface area contributed by atoms with Gasteiger partial charge < -0.3 is 15.3 Å². The van der Waals surface area contributed by atoms with Gasteiger partial charge in [-0.05, 0) is 34.0 Å².